The summed E-state index contributed by atoms with van der Waals surface area (Å²) in [4.78, 5) is 23.0. The molecule has 0 bridgehead atoms. The van der Waals surface area contributed by atoms with Crippen LogP contribution in [-0.4, -0.2) is 30.4 Å². The van der Waals surface area contributed by atoms with Crippen molar-refractivity contribution in [3.63, 3.8) is 0 Å². The molecule has 0 unspecified atom stereocenters. The van der Waals surface area contributed by atoms with Crippen molar-refractivity contribution < 1.29 is 9.72 Å². The molecule has 1 amide bonds. The Balaban J connectivity index is 1.80. The molecule has 0 atom stereocenters. The molecule has 0 spiro atoms. The molecule has 3 aromatic rings. The van der Waals surface area contributed by atoms with Crippen LogP contribution in [0.5, 0.6) is 0 Å². The largest absolute Gasteiger partial charge is 0.322 e. The zero-order valence-electron chi connectivity index (χ0n) is 14.3. The van der Waals surface area contributed by atoms with Gasteiger partial charge in [-0.2, -0.15) is 10.2 Å². The third kappa shape index (κ3) is 3.79. The van der Waals surface area contributed by atoms with E-state index in [1.165, 1.54) is 18.7 Å². The van der Waals surface area contributed by atoms with E-state index < -0.39 is 10.8 Å². The molecular formula is C16H14Cl2N6O3. The molecule has 3 rings (SSSR count). The first-order valence-corrected chi connectivity index (χ1v) is 8.49. The average molecular weight is 409 g/mol. The molecule has 0 saturated heterocycles. The van der Waals surface area contributed by atoms with Gasteiger partial charge in [0.25, 0.3) is 5.91 Å². The molecule has 0 aliphatic carbocycles. The van der Waals surface area contributed by atoms with Crippen LogP contribution in [0.1, 0.15) is 21.7 Å². The summed E-state index contributed by atoms with van der Waals surface area (Å²) in [6.45, 7) is 1.82. The number of nitrogens with one attached hydrogen (secondary N) is 1. The minimum absolute atomic E-state index is 0.223. The highest BCUT2D eigenvalue weighted by atomic mass is 35.5. The summed E-state index contributed by atoms with van der Waals surface area (Å²) in [5.74, 6) is -0.493. The monoisotopic (exact) mass is 408 g/mol. The molecule has 0 aliphatic rings. The lowest BCUT2D eigenvalue weighted by Crippen LogP contribution is -2.15. The number of nitrogens with zero attached hydrogens (tertiary/aromatic N) is 5. The van der Waals surface area contributed by atoms with E-state index in [1.54, 1.807) is 35.1 Å². The molecule has 27 heavy (non-hydrogen) atoms. The molecule has 140 valence electrons. The second-order valence-electron chi connectivity index (χ2n) is 5.72. The fourth-order valence-corrected chi connectivity index (χ4v) is 3.02. The minimum Gasteiger partial charge on any atom is -0.303 e. The summed E-state index contributed by atoms with van der Waals surface area (Å²) in [6.07, 6.45) is 1.63. The smallest absolute Gasteiger partial charge is 0.303 e. The third-order valence-corrected chi connectivity index (χ3v) is 4.67. The second kappa shape index (κ2) is 7.37. The van der Waals surface area contributed by atoms with Crippen LogP contribution < -0.4 is 5.32 Å². The maximum Gasteiger partial charge on any atom is 0.322 e. The van der Waals surface area contributed by atoms with E-state index in [0.717, 1.165) is 0 Å². The molecule has 0 saturated carbocycles. The lowest BCUT2D eigenvalue weighted by atomic mass is 10.2. The Kier molecular flexibility index (Phi) is 5.15. The molecule has 0 radical (unpaired) electrons. The third-order valence-electron chi connectivity index (χ3n) is 3.96. The van der Waals surface area contributed by atoms with Crippen molar-refractivity contribution in [2.75, 3.05) is 5.32 Å². The van der Waals surface area contributed by atoms with Crippen LogP contribution in [0.2, 0.25) is 10.0 Å². The van der Waals surface area contributed by atoms with E-state index in [1.807, 2.05) is 0 Å². The van der Waals surface area contributed by atoms with Crippen molar-refractivity contribution in [3.8, 4) is 0 Å². The van der Waals surface area contributed by atoms with Gasteiger partial charge in [-0.05, 0) is 19.1 Å². The summed E-state index contributed by atoms with van der Waals surface area (Å²) in [6, 6.07) is 6.74. The molecule has 1 N–H and O–H groups in total. The van der Waals surface area contributed by atoms with Crippen LogP contribution >= 0.6 is 23.2 Å². The van der Waals surface area contributed by atoms with E-state index in [-0.39, 0.29) is 22.9 Å². The van der Waals surface area contributed by atoms with Gasteiger partial charge in [-0.1, -0.05) is 29.3 Å². The van der Waals surface area contributed by atoms with Gasteiger partial charge < -0.3 is 5.32 Å². The number of anilines is 1. The zero-order chi connectivity index (χ0) is 19.7. The fourth-order valence-electron chi connectivity index (χ4n) is 2.51. The van der Waals surface area contributed by atoms with Gasteiger partial charge >= 0.3 is 5.69 Å². The number of nitro groups is 1. The predicted octanol–water partition coefficient (Wildman–Crippen LogP) is 3.44. The van der Waals surface area contributed by atoms with Gasteiger partial charge in [0.05, 0.1) is 11.5 Å². The maximum atomic E-state index is 12.4. The minimum atomic E-state index is -0.716. The van der Waals surface area contributed by atoms with Crippen LogP contribution in [0, 0.1) is 17.0 Å². The first-order chi connectivity index (χ1) is 12.8. The molecule has 0 fully saturated rings. The summed E-state index contributed by atoms with van der Waals surface area (Å²) < 4.78 is 2.83. The standard InChI is InChI=1S/C16H14Cl2N6O3/c1-9-15(24(26)27)14(21-22(9)2)16(25)19-13-6-7-23(20-13)8-10-11(17)4-3-5-12(10)18/h3-7H,8H2,1-2H3,(H,19,20,25). The van der Waals surface area contributed by atoms with Gasteiger partial charge in [0.2, 0.25) is 5.69 Å². The number of aromatic nitrogens is 4. The fraction of sp³-hybridized carbons (Fsp3) is 0.188. The summed E-state index contributed by atoms with van der Waals surface area (Å²) in [5, 5.41) is 22.9. The highest BCUT2D eigenvalue weighted by Gasteiger charge is 2.29. The van der Waals surface area contributed by atoms with E-state index in [2.05, 4.69) is 15.5 Å². The normalized spacial score (nSPS) is 10.8. The van der Waals surface area contributed by atoms with E-state index in [4.69, 9.17) is 23.2 Å². The van der Waals surface area contributed by atoms with Gasteiger partial charge in [-0.15, -0.1) is 0 Å². The summed E-state index contributed by atoms with van der Waals surface area (Å²) >= 11 is 12.3. The number of aryl methyl sites for hydroxylation is 1. The number of amides is 1. The molecule has 0 aliphatic heterocycles. The lowest BCUT2D eigenvalue weighted by Gasteiger charge is -2.06. The molecule has 2 aromatic heterocycles. The molecule has 1 aromatic carbocycles. The summed E-state index contributed by atoms with van der Waals surface area (Å²) in [5.41, 5.74) is 0.364. The Hall–Kier alpha value is -2.91. The van der Waals surface area contributed by atoms with Crippen LogP contribution in [0.3, 0.4) is 0 Å². The van der Waals surface area contributed by atoms with Crippen LogP contribution in [0.4, 0.5) is 11.5 Å². The predicted molar refractivity (Wildman–Crippen MR) is 100 cm³/mol. The van der Waals surface area contributed by atoms with Crippen LogP contribution in [-0.2, 0) is 13.6 Å². The Morgan fingerprint density at radius 1 is 1.26 bits per heavy atom. The Labute approximate surface area is 163 Å². The van der Waals surface area contributed by atoms with Crippen LogP contribution in [0.15, 0.2) is 30.5 Å². The topological polar surface area (TPSA) is 108 Å². The molecular weight excluding hydrogens is 395 g/mol. The molecule has 2 heterocycles. The lowest BCUT2D eigenvalue weighted by molar-refractivity contribution is -0.385. The maximum absolute atomic E-state index is 12.4. The van der Waals surface area contributed by atoms with Crippen molar-refractivity contribution in [2.45, 2.75) is 13.5 Å². The van der Waals surface area contributed by atoms with Crippen molar-refractivity contribution in [2.24, 2.45) is 7.05 Å². The zero-order valence-corrected chi connectivity index (χ0v) is 15.8. The highest BCUT2D eigenvalue weighted by molar-refractivity contribution is 6.35. The van der Waals surface area contributed by atoms with Crippen molar-refractivity contribution >= 4 is 40.6 Å². The summed E-state index contributed by atoms with van der Waals surface area (Å²) in [7, 11) is 1.53. The van der Waals surface area contributed by atoms with Crippen molar-refractivity contribution in [3.05, 3.63) is 67.6 Å². The number of carbonyl (C=O) groups is 1. The van der Waals surface area contributed by atoms with E-state index in [9.17, 15) is 14.9 Å². The van der Waals surface area contributed by atoms with Gasteiger partial charge in [0, 0.05) is 34.9 Å². The molecule has 11 heteroatoms. The first-order valence-electron chi connectivity index (χ1n) is 7.73. The van der Waals surface area contributed by atoms with Crippen molar-refractivity contribution in [1.82, 2.24) is 19.6 Å². The van der Waals surface area contributed by atoms with Gasteiger partial charge in [0.1, 0.15) is 5.69 Å². The Morgan fingerprint density at radius 2 is 1.93 bits per heavy atom. The number of carbonyl (C=O) groups excluding carboxylic acids is 1. The number of hydrogen-bond donors (Lipinski definition) is 1. The number of benzene rings is 1. The quantitative estimate of drug-likeness (QED) is 0.513. The Bertz CT molecular complexity index is 1020. The highest BCUT2D eigenvalue weighted by Crippen LogP contribution is 2.26. The number of hydrogen-bond acceptors (Lipinski definition) is 5. The van der Waals surface area contributed by atoms with Gasteiger partial charge in [-0.25, -0.2) is 0 Å². The van der Waals surface area contributed by atoms with Gasteiger partial charge in [0.15, 0.2) is 5.82 Å². The number of rotatable bonds is 5. The van der Waals surface area contributed by atoms with Crippen LogP contribution in [0.25, 0.3) is 0 Å². The van der Waals surface area contributed by atoms with Gasteiger partial charge in [-0.3, -0.25) is 24.3 Å². The van der Waals surface area contributed by atoms with E-state index >= 15 is 0 Å². The SMILES string of the molecule is Cc1c([N+](=O)[O-])c(C(=O)Nc2ccn(Cc3c(Cl)cccc3Cl)n2)nn1C. The Morgan fingerprint density at radius 3 is 2.56 bits per heavy atom. The average Bonchev–Trinajstić information content (AvgIpc) is 3.16. The van der Waals surface area contributed by atoms with E-state index in [0.29, 0.717) is 22.2 Å². The number of halogens is 2. The second-order valence-corrected chi connectivity index (χ2v) is 6.53. The van der Waals surface area contributed by atoms with Crippen molar-refractivity contribution in [1.29, 1.82) is 0 Å². The molecule has 9 nitrogen and oxygen atoms in total. The first kappa shape index (κ1) is 18.9.